The summed E-state index contributed by atoms with van der Waals surface area (Å²) in [5.74, 6) is 0.602. The van der Waals surface area contributed by atoms with Crippen molar-refractivity contribution in [3.8, 4) is 0 Å². The summed E-state index contributed by atoms with van der Waals surface area (Å²) >= 11 is 0. The maximum absolute atomic E-state index is 2.45. The van der Waals surface area contributed by atoms with Gasteiger partial charge in [-0.25, -0.2) is 0 Å². The fraction of sp³-hybridized carbons (Fsp3) is 0.273. The van der Waals surface area contributed by atoms with Crippen LogP contribution in [0, 0.1) is 5.92 Å². The molecule has 0 fully saturated rings. The third-order valence-corrected chi connectivity index (χ3v) is 5.31. The largest absolute Gasteiger partial charge is 0.0757 e. The number of fused-ring (bicyclic) bond motifs is 2. The van der Waals surface area contributed by atoms with Crippen molar-refractivity contribution in [2.24, 2.45) is 5.92 Å². The first kappa shape index (κ1) is 13.6. The predicted molar refractivity (Wildman–Crippen MR) is 94.6 cm³/mol. The molecule has 0 amide bonds. The normalized spacial score (nSPS) is 22.1. The van der Waals surface area contributed by atoms with Crippen LogP contribution in [0.15, 0.2) is 66.2 Å². The highest BCUT2D eigenvalue weighted by atomic mass is 14.4. The molecule has 1 atom stereocenters. The molecule has 2 aliphatic rings. The zero-order chi connectivity index (χ0) is 15.3. The lowest BCUT2D eigenvalue weighted by Gasteiger charge is -2.30. The second kappa shape index (κ2) is 4.71. The number of allylic oxidation sites excluding steroid dienone is 4. The first-order valence-corrected chi connectivity index (χ1v) is 8.21. The van der Waals surface area contributed by atoms with Crippen molar-refractivity contribution in [3.63, 3.8) is 0 Å². The Morgan fingerprint density at radius 3 is 2.36 bits per heavy atom. The highest BCUT2D eigenvalue weighted by molar-refractivity contribution is 5.98. The molecule has 110 valence electrons. The van der Waals surface area contributed by atoms with Crippen LogP contribution in [0.1, 0.15) is 43.9 Å². The third kappa shape index (κ3) is 1.76. The van der Waals surface area contributed by atoms with E-state index in [1.165, 1.54) is 22.3 Å². The zero-order valence-corrected chi connectivity index (χ0v) is 13.6. The summed E-state index contributed by atoms with van der Waals surface area (Å²) in [5.41, 5.74) is 8.94. The summed E-state index contributed by atoms with van der Waals surface area (Å²) in [6.07, 6.45) is 3.58. The van der Waals surface area contributed by atoms with Crippen molar-refractivity contribution in [3.05, 3.63) is 82.9 Å². The first-order chi connectivity index (χ1) is 10.6. The van der Waals surface area contributed by atoms with E-state index >= 15 is 0 Å². The van der Waals surface area contributed by atoms with Crippen LogP contribution in [-0.4, -0.2) is 0 Å². The van der Waals surface area contributed by atoms with E-state index in [9.17, 15) is 0 Å². The van der Waals surface area contributed by atoms with E-state index in [0.717, 1.165) is 6.42 Å². The molecule has 2 aromatic rings. The van der Waals surface area contributed by atoms with Gasteiger partial charge in [-0.3, -0.25) is 0 Å². The molecule has 4 rings (SSSR count). The van der Waals surface area contributed by atoms with E-state index in [4.69, 9.17) is 0 Å². The maximum atomic E-state index is 2.45. The number of rotatable bonds is 1. The molecule has 0 radical (unpaired) electrons. The van der Waals surface area contributed by atoms with Gasteiger partial charge in [0.25, 0.3) is 0 Å². The number of hydrogen-bond acceptors (Lipinski definition) is 0. The van der Waals surface area contributed by atoms with E-state index < -0.39 is 0 Å². The van der Waals surface area contributed by atoms with Crippen molar-refractivity contribution < 1.29 is 0 Å². The fourth-order valence-electron chi connectivity index (χ4n) is 4.26. The molecule has 0 nitrogen and oxygen atoms in total. The molecule has 22 heavy (non-hydrogen) atoms. The number of hydrogen-bond donors (Lipinski definition) is 0. The van der Waals surface area contributed by atoms with Crippen molar-refractivity contribution >= 4 is 11.1 Å². The molecule has 0 heterocycles. The molecular formula is C22H22. The average Bonchev–Trinajstić information content (AvgIpc) is 2.79. The maximum Gasteiger partial charge on any atom is 0.0161 e. The Bertz CT molecular complexity index is 788. The minimum absolute atomic E-state index is 0.0856. The van der Waals surface area contributed by atoms with Gasteiger partial charge in [0, 0.05) is 5.41 Å². The Kier molecular flexibility index (Phi) is 2.91. The van der Waals surface area contributed by atoms with Crippen molar-refractivity contribution in [1.82, 2.24) is 0 Å². The molecule has 0 bridgehead atoms. The Balaban J connectivity index is 1.98. The molecule has 0 aromatic heterocycles. The van der Waals surface area contributed by atoms with Gasteiger partial charge >= 0.3 is 0 Å². The minimum Gasteiger partial charge on any atom is -0.0757 e. The Labute approximate surface area is 133 Å². The van der Waals surface area contributed by atoms with Gasteiger partial charge in [-0.2, -0.15) is 0 Å². The fourth-order valence-corrected chi connectivity index (χ4v) is 4.26. The van der Waals surface area contributed by atoms with E-state index in [2.05, 4.69) is 81.4 Å². The zero-order valence-electron chi connectivity index (χ0n) is 13.6. The van der Waals surface area contributed by atoms with Crippen LogP contribution in [-0.2, 0) is 5.41 Å². The molecule has 2 aromatic carbocycles. The van der Waals surface area contributed by atoms with Gasteiger partial charge in [0.2, 0.25) is 0 Å². The highest BCUT2D eigenvalue weighted by Gasteiger charge is 2.41. The minimum atomic E-state index is 0.0856. The second-order valence-corrected chi connectivity index (χ2v) is 7.08. The van der Waals surface area contributed by atoms with Crippen LogP contribution >= 0.6 is 0 Å². The van der Waals surface area contributed by atoms with Crippen LogP contribution in [0.2, 0.25) is 0 Å². The average molecular weight is 286 g/mol. The standard InChI is InChI=1S/C22H22/c1-15-13-14-17(16-9-5-4-6-10-16)21-20(15)18-11-7-8-12-19(18)22(21,2)3/h4-12,14-15H,13H2,1-3H3. The topological polar surface area (TPSA) is 0 Å². The molecule has 2 aliphatic carbocycles. The summed E-state index contributed by atoms with van der Waals surface area (Å²) < 4.78 is 0. The molecule has 0 N–H and O–H groups in total. The monoisotopic (exact) mass is 286 g/mol. The summed E-state index contributed by atoms with van der Waals surface area (Å²) in [7, 11) is 0. The van der Waals surface area contributed by atoms with Crippen LogP contribution in [0.4, 0.5) is 0 Å². The van der Waals surface area contributed by atoms with Gasteiger partial charge in [-0.1, -0.05) is 81.4 Å². The van der Waals surface area contributed by atoms with Gasteiger partial charge < -0.3 is 0 Å². The SMILES string of the molecule is CC1CC=C(c2ccccc2)C2=C1c1ccccc1C2(C)C. The smallest absolute Gasteiger partial charge is 0.0161 e. The van der Waals surface area contributed by atoms with E-state index in [-0.39, 0.29) is 5.41 Å². The van der Waals surface area contributed by atoms with Crippen molar-refractivity contribution in [2.45, 2.75) is 32.6 Å². The molecule has 0 heteroatoms. The lowest BCUT2D eigenvalue weighted by Crippen LogP contribution is -2.20. The summed E-state index contributed by atoms with van der Waals surface area (Å²) in [4.78, 5) is 0. The predicted octanol–water partition coefficient (Wildman–Crippen LogP) is 5.85. The summed E-state index contributed by atoms with van der Waals surface area (Å²) in [6, 6.07) is 19.8. The van der Waals surface area contributed by atoms with E-state index in [0.29, 0.717) is 5.92 Å². The van der Waals surface area contributed by atoms with Gasteiger partial charge in [-0.05, 0) is 45.7 Å². The molecule has 1 unspecified atom stereocenters. The Hall–Kier alpha value is -2.08. The molecule has 0 spiro atoms. The van der Waals surface area contributed by atoms with E-state index in [1.807, 2.05) is 0 Å². The summed E-state index contributed by atoms with van der Waals surface area (Å²) in [6.45, 7) is 7.12. The quantitative estimate of drug-likeness (QED) is 0.616. The molecule has 0 aliphatic heterocycles. The van der Waals surface area contributed by atoms with Crippen molar-refractivity contribution in [1.29, 1.82) is 0 Å². The third-order valence-electron chi connectivity index (χ3n) is 5.31. The van der Waals surface area contributed by atoms with Gasteiger partial charge in [0.15, 0.2) is 0 Å². The molecular weight excluding hydrogens is 264 g/mol. The lowest BCUT2D eigenvalue weighted by molar-refractivity contribution is 0.648. The second-order valence-electron chi connectivity index (χ2n) is 7.08. The van der Waals surface area contributed by atoms with Crippen LogP contribution in [0.25, 0.3) is 11.1 Å². The highest BCUT2D eigenvalue weighted by Crippen LogP contribution is 2.55. The van der Waals surface area contributed by atoms with Gasteiger partial charge in [0.05, 0.1) is 0 Å². The van der Waals surface area contributed by atoms with E-state index in [1.54, 1.807) is 11.1 Å². The molecule has 0 saturated carbocycles. The summed E-state index contributed by atoms with van der Waals surface area (Å²) in [5, 5.41) is 0. The van der Waals surface area contributed by atoms with Crippen LogP contribution < -0.4 is 0 Å². The Morgan fingerprint density at radius 2 is 1.59 bits per heavy atom. The molecule has 0 saturated heterocycles. The van der Waals surface area contributed by atoms with Gasteiger partial charge in [-0.15, -0.1) is 0 Å². The number of benzene rings is 2. The lowest BCUT2D eigenvalue weighted by atomic mass is 9.73. The van der Waals surface area contributed by atoms with Crippen LogP contribution in [0.5, 0.6) is 0 Å². The van der Waals surface area contributed by atoms with Gasteiger partial charge in [0.1, 0.15) is 0 Å². The van der Waals surface area contributed by atoms with Crippen LogP contribution in [0.3, 0.4) is 0 Å². The Morgan fingerprint density at radius 1 is 0.909 bits per heavy atom. The first-order valence-electron chi connectivity index (χ1n) is 8.21. The van der Waals surface area contributed by atoms with Crippen molar-refractivity contribution in [2.75, 3.05) is 0 Å².